The molecule has 1 saturated carbocycles. The van der Waals surface area contributed by atoms with Crippen molar-refractivity contribution >= 4 is 34.9 Å². The second-order valence-electron chi connectivity index (χ2n) is 7.48. The van der Waals surface area contributed by atoms with Crippen LogP contribution in [0.3, 0.4) is 0 Å². The van der Waals surface area contributed by atoms with Gasteiger partial charge in [-0.25, -0.2) is 4.84 Å². The van der Waals surface area contributed by atoms with Crippen molar-refractivity contribution in [1.29, 1.82) is 0 Å². The molecule has 27 heavy (non-hydrogen) atoms. The van der Waals surface area contributed by atoms with Crippen LogP contribution in [0.2, 0.25) is 10.0 Å². The molecular formula is C20H24Cl2N2O3. The number of carbonyl (C=O) groups is 1. The quantitative estimate of drug-likeness (QED) is 0.748. The summed E-state index contributed by atoms with van der Waals surface area (Å²) in [6.45, 7) is 1.93. The molecule has 2 atom stereocenters. The molecule has 2 aliphatic heterocycles. The van der Waals surface area contributed by atoms with Crippen molar-refractivity contribution in [2.45, 2.75) is 44.2 Å². The number of likely N-dealkylation sites (tertiary alicyclic amines) is 1. The van der Waals surface area contributed by atoms with Crippen LogP contribution >= 0.6 is 23.2 Å². The number of fused-ring (bicyclic) bond motifs is 1. The standard InChI is InChI=1S/C20H24Cl2N2O3/c1-26-19(25)14-5-4-6-15-18(13-7-8-16(21)17(22)11-13)23-27-20(15,12-14)24-9-2-3-10-24/h7-8,11,14,23H,2-6,9-10,12H2,1H3. The van der Waals surface area contributed by atoms with Crippen LogP contribution < -0.4 is 5.48 Å². The van der Waals surface area contributed by atoms with E-state index >= 15 is 0 Å². The molecule has 1 N–H and O–H groups in total. The van der Waals surface area contributed by atoms with Gasteiger partial charge in [-0.1, -0.05) is 29.3 Å². The maximum Gasteiger partial charge on any atom is 0.308 e. The van der Waals surface area contributed by atoms with Crippen LogP contribution in [0.15, 0.2) is 23.8 Å². The highest BCUT2D eigenvalue weighted by Crippen LogP contribution is 2.48. The molecule has 146 valence electrons. The van der Waals surface area contributed by atoms with Crippen LogP contribution in [0.25, 0.3) is 5.70 Å². The second kappa shape index (κ2) is 7.63. The number of hydrogen-bond acceptors (Lipinski definition) is 5. The van der Waals surface area contributed by atoms with Crippen LogP contribution in [0.4, 0.5) is 0 Å². The van der Waals surface area contributed by atoms with Crippen molar-refractivity contribution in [1.82, 2.24) is 10.4 Å². The Morgan fingerprint density at radius 2 is 2.04 bits per heavy atom. The molecule has 5 nitrogen and oxygen atoms in total. The summed E-state index contributed by atoms with van der Waals surface area (Å²) in [5, 5.41) is 1.05. The Morgan fingerprint density at radius 1 is 1.26 bits per heavy atom. The first kappa shape index (κ1) is 19.1. The predicted molar refractivity (Wildman–Crippen MR) is 105 cm³/mol. The Morgan fingerprint density at radius 3 is 2.74 bits per heavy atom. The van der Waals surface area contributed by atoms with E-state index < -0.39 is 5.72 Å². The van der Waals surface area contributed by atoms with E-state index in [-0.39, 0.29) is 11.9 Å². The number of methoxy groups -OCH3 is 1. The van der Waals surface area contributed by atoms with E-state index in [9.17, 15) is 4.79 Å². The van der Waals surface area contributed by atoms with Crippen LogP contribution in [-0.2, 0) is 14.4 Å². The monoisotopic (exact) mass is 410 g/mol. The summed E-state index contributed by atoms with van der Waals surface area (Å²) in [6.07, 6.45) is 5.48. The van der Waals surface area contributed by atoms with Crippen LogP contribution in [0.5, 0.6) is 0 Å². The fraction of sp³-hybridized carbons (Fsp3) is 0.550. The normalized spacial score (nSPS) is 28.6. The Labute approximate surface area is 169 Å². The highest BCUT2D eigenvalue weighted by atomic mass is 35.5. The number of hydrogen-bond donors (Lipinski definition) is 1. The molecule has 1 aromatic rings. The number of halogens is 2. The molecule has 0 aromatic heterocycles. The molecule has 0 radical (unpaired) electrons. The van der Waals surface area contributed by atoms with E-state index in [4.69, 9.17) is 32.8 Å². The van der Waals surface area contributed by atoms with Gasteiger partial charge in [0.15, 0.2) is 5.72 Å². The average Bonchev–Trinajstić information content (AvgIpc) is 3.28. The van der Waals surface area contributed by atoms with Gasteiger partial charge in [0, 0.05) is 30.6 Å². The molecular weight excluding hydrogens is 387 g/mol. The first-order valence-electron chi connectivity index (χ1n) is 9.51. The van der Waals surface area contributed by atoms with Crippen LogP contribution in [-0.4, -0.2) is 36.8 Å². The Balaban J connectivity index is 1.78. The van der Waals surface area contributed by atoms with Crippen LogP contribution in [0, 0.1) is 5.92 Å². The fourth-order valence-corrected chi connectivity index (χ4v) is 4.91. The molecule has 1 saturated heterocycles. The number of esters is 1. The van der Waals surface area contributed by atoms with Gasteiger partial charge in [0.05, 0.1) is 28.8 Å². The predicted octanol–water partition coefficient (Wildman–Crippen LogP) is 4.39. The molecule has 1 aliphatic carbocycles. The van der Waals surface area contributed by atoms with E-state index in [0.29, 0.717) is 16.5 Å². The highest BCUT2D eigenvalue weighted by Gasteiger charge is 2.52. The number of benzene rings is 1. The zero-order valence-electron chi connectivity index (χ0n) is 15.4. The molecule has 0 spiro atoms. The smallest absolute Gasteiger partial charge is 0.308 e. The van der Waals surface area contributed by atoms with Crippen molar-refractivity contribution < 1.29 is 14.4 Å². The number of nitrogens with zero attached hydrogens (tertiary/aromatic N) is 1. The summed E-state index contributed by atoms with van der Waals surface area (Å²) in [5.41, 5.74) is 5.67. The number of nitrogens with one attached hydrogen (secondary N) is 1. The van der Waals surface area contributed by atoms with Crippen molar-refractivity contribution in [3.05, 3.63) is 39.4 Å². The Bertz CT molecular complexity index is 776. The molecule has 4 rings (SSSR count). The van der Waals surface area contributed by atoms with Gasteiger partial charge in [-0.2, -0.15) is 0 Å². The zero-order valence-corrected chi connectivity index (χ0v) is 16.9. The number of rotatable bonds is 3. The van der Waals surface area contributed by atoms with Crippen molar-refractivity contribution in [3.8, 4) is 0 Å². The van der Waals surface area contributed by atoms with E-state index in [2.05, 4.69) is 10.4 Å². The van der Waals surface area contributed by atoms with Gasteiger partial charge in [-0.3, -0.25) is 15.2 Å². The van der Waals surface area contributed by atoms with Gasteiger partial charge < -0.3 is 4.74 Å². The van der Waals surface area contributed by atoms with E-state index in [1.807, 2.05) is 12.1 Å². The number of ether oxygens (including phenoxy) is 1. The molecule has 2 unspecified atom stereocenters. The van der Waals surface area contributed by atoms with Gasteiger partial charge in [0.1, 0.15) is 0 Å². The summed E-state index contributed by atoms with van der Waals surface area (Å²) in [7, 11) is 1.46. The third kappa shape index (κ3) is 3.35. The van der Waals surface area contributed by atoms with E-state index in [0.717, 1.165) is 56.5 Å². The summed E-state index contributed by atoms with van der Waals surface area (Å²) < 4.78 is 5.06. The zero-order chi connectivity index (χ0) is 19.0. The van der Waals surface area contributed by atoms with Gasteiger partial charge in [-0.15, -0.1) is 0 Å². The van der Waals surface area contributed by atoms with Gasteiger partial charge in [0.25, 0.3) is 0 Å². The lowest BCUT2D eigenvalue weighted by Crippen LogP contribution is -2.51. The molecule has 0 amide bonds. The summed E-state index contributed by atoms with van der Waals surface area (Å²) >= 11 is 12.3. The third-order valence-electron chi connectivity index (χ3n) is 5.96. The fourth-order valence-electron chi connectivity index (χ4n) is 4.62. The van der Waals surface area contributed by atoms with Crippen molar-refractivity contribution in [2.75, 3.05) is 20.2 Å². The molecule has 1 aromatic carbocycles. The minimum atomic E-state index is -0.604. The molecule has 2 heterocycles. The minimum Gasteiger partial charge on any atom is -0.469 e. The van der Waals surface area contributed by atoms with Crippen molar-refractivity contribution in [3.63, 3.8) is 0 Å². The molecule has 0 bridgehead atoms. The first-order valence-corrected chi connectivity index (χ1v) is 10.3. The topological polar surface area (TPSA) is 50.8 Å². The largest absolute Gasteiger partial charge is 0.469 e. The highest BCUT2D eigenvalue weighted by molar-refractivity contribution is 6.42. The molecule has 7 heteroatoms. The van der Waals surface area contributed by atoms with Gasteiger partial charge >= 0.3 is 5.97 Å². The molecule has 3 aliphatic rings. The maximum absolute atomic E-state index is 12.3. The maximum atomic E-state index is 12.3. The molecule has 2 fully saturated rings. The second-order valence-corrected chi connectivity index (χ2v) is 8.30. The third-order valence-corrected chi connectivity index (χ3v) is 6.70. The lowest BCUT2D eigenvalue weighted by atomic mass is 9.89. The number of carbonyl (C=O) groups excluding carboxylic acids is 1. The SMILES string of the molecule is COC(=O)C1CCCC2=C(c3ccc(Cl)c(Cl)c3)NOC2(N2CCCC2)C1. The van der Waals surface area contributed by atoms with Gasteiger partial charge in [0.2, 0.25) is 0 Å². The average molecular weight is 411 g/mol. The Hall–Kier alpha value is -1.27. The van der Waals surface area contributed by atoms with Gasteiger partial charge in [-0.05, 0) is 44.2 Å². The summed E-state index contributed by atoms with van der Waals surface area (Å²) in [5.74, 6) is -0.315. The van der Waals surface area contributed by atoms with E-state index in [1.54, 1.807) is 6.07 Å². The minimum absolute atomic E-state index is 0.151. The number of hydroxylamine groups is 1. The van der Waals surface area contributed by atoms with Crippen LogP contribution in [0.1, 0.15) is 44.1 Å². The first-order chi connectivity index (χ1) is 13.0. The lowest BCUT2D eigenvalue weighted by molar-refractivity contribution is -0.163. The Kier molecular flexibility index (Phi) is 5.39. The van der Waals surface area contributed by atoms with E-state index in [1.165, 1.54) is 12.7 Å². The summed E-state index contributed by atoms with van der Waals surface area (Å²) in [4.78, 5) is 21.0. The van der Waals surface area contributed by atoms with Crippen molar-refractivity contribution in [2.24, 2.45) is 5.92 Å². The summed E-state index contributed by atoms with van der Waals surface area (Å²) in [6, 6.07) is 5.62. The lowest BCUT2D eigenvalue weighted by Gasteiger charge is -2.39.